The number of H-pyrrole nitrogens is 1. The summed E-state index contributed by atoms with van der Waals surface area (Å²) in [7, 11) is 2.84. The van der Waals surface area contributed by atoms with Crippen molar-refractivity contribution >= 4 is 47.6 Å². The minimum absolute atomic E-state index is 0.0175. The molecule has 15 heteroatoms. The molecular weight excluding hydrogens is 693 g/mol. The minimum atomic E-state index is -3.02. The van der Waals surface area contributed by atoms with Gasteiger partial charge >= 0.3 is 17.6 Å². The lowest BCUT2D eigenvalue weighted by molar-refractivity contribution is -0.139. The van der Waals surface area contributed by atoms with Crippen molar-refractivity contribution in [2.45, 2.75) is 63.8 Å². The van der Waals surface area contributed by atoms with Crippen LogP contribution in [0.3, 0.4) is 0 Å². The normalized spacial score (nSPS) is 21.0. The highest BCUT2D eigenvalue weighted by Gasteiger charge is 2.52. The van der Waals surface area contributed by atoms with Crippen LogP contribution < -0.4 is 21.6 Å². The quantitative estimate of drug-likeness (QED) is 0.242. The van der Waals surface area contributed by atoms with Crippen molar-refractivity contribution < 1.29 is 33.0 Å². The average Bonchev–Trinajstić information content (AvgIpc) is 3.51. The van der Waals surface area contributed by atoms with E-state index in [1.54, 1.807) is 25.9 Å². The van der Waals surface area contributed by atoms with Crippen LogP contribution in [-0.2, 0) is 33.0 Å². The van der Waals surface area contributed by atoms with Gasteiger partial charge in [0, 0.05) is 18.2 Å². The van der Waals surface area contributed by atoms with E-state index in [-0.39, 0.29) is 33.8 Å². The molecule has 2 aliphatic rings. The number of ether oxygens (including phenoxy) is 4. The number of nitrogens with zero attached hydrogens (tertiary/aromatic N) is 3. The Bertz CT molecular complexity index is 1880. The Morgan fingerprint density at radius 3 is 2.12 bits per heavy atom. The number of thioether (sulfide) groups is 1. The van der Waals surface area contributed by atoms with Gasteiger partial charge in [-0.25, -0.2) is 19.4 Å². The van der Waals surface area contributed by atoms with Gasteiger partial charge in [0.25, 0.3) is 19.1 Å². The number of aryl methyl sites for hydroxylation is 1. The van der Waals surface area contributed by atoms with Gasteiger partial charge < -0.3 is 23.4 Å². The molecule has 0 radical (unpaired) electrons. The number of benzene rings is 2. The Kier molecular flexibility index (Phi) is 11.6. The molecular formula is C36H44N4O9SSi. The second kappa shape index (κ2) is 15.5. The topological polar surface area (TPSA) is 151 Å². The first-order valence-corrected chi connectivity index (χ1v) is 19.2. The Morgan fingerprint density at radius 1 is 1.00 bits per heavy atom. The summed E-state index contributed by atoms with van der Waals surface area (Å²) >= 11 is 0.854. The number of hydrogen-bond donors (Lipinski definition) is 1. The number of aromatic amines is 1. The first-order chi connectivity index (χ1) is 24.2. The number of methoxy groups -OCH3 is 2. The molecule has 1 saturated heterocycles. The maximum Gasteiger partial charge on any atom is 0.345 e. The molecule has 3 aromatic rings. The van der Waals surface area contributed by atoms with Crippen LogP contribution in [0.2, 0.25) is 5.04 Å². The lowest BCUT2D eigenvalue weighted by Gasteiger charge is -2.43. The second-order valence-corrected chi connectivity index (χ2v) is 18.8. The standard InChI is InChI=1S/C36H44N4O9SSi/c1-22-20-40(34(44)38-31(22)41)27-19-25(49-35-37-30(39(5)6)28(32(42)45-7)29(50-35)33(43)46-8)26(48-27)21-47-51(36(2,3)4,23-15-11-9-12-16-23)24-17-13-10-14-18-24/h9-18,20,25-27,30H,19,21H2,1-8H3,(H,38,41,44)/t25-,26+,27+,30?/m0/s1. The third kappa shape index (κ3) is 7.67. The Hall–Kier alpha value is -4.28. The van der Waals surface area contributed by atoms with Crippen molar-refractivity contribution in [3.63, 3.8) is 0 Å². The van der Waals surface area contributed by atoms with E-state index in [1.165, 1.54) is 25.0 Å². The van der Waals surface area contributed by atoms with Gasteiger partial charge in [0.1, 0.15) is 29.5 Å². The third-order valence-corrected chi connectivity index (χ3v) is 14.9. The first kappa shape index (κ1) is 38.0. The van der Waals surface area contributed by atoms with Gasteiger partial charge in [0.2, 0.25) is 0 Å². The Balaban J connectivity index is 1.56. The molecule has 51 heavy (non-hydrogen) atoms. The van der Waals surface area contributed by atoms with E-state index in [0.29, 0.717) is 5.56 Å². The van der Waals surface area contributed by atoms with Crippen LogP contribution in [0.1, 0.15) is 39.0 Å². The molecule has 0 bridgehead atoms. The monoisotopic (exact) mass is 736 g/mol. The van der Waals surface area contributed by atoms with E-state index >= 15 is 0 Å². The van der Waals surface area contributed by atoms with Crippen LogP contribution in [0.25, 0.3) is 0 Å². The number of hydrogen-bond acceptors (Lipinski definition) is 12. The summed E-state index contributed by atoms with van der Waals surface area (Å²) in [5.41, 5.74) is -0.751. The maximum absolute atomic E-state index is 13.0. The van der Waals surface area contributed by atoms with E-state index in [4.69, 9.17) is 28.4 Å². The van der Waals surface area contributed by atoms with Crippen LogP contribution in [0, 0.1) is 6.92 Å². The lowest BCUT2D eigenvalue weighted by Crippen LogP contribution is -2.67. The van der Waals surface area contributed by atoms with Crippen LogP contribution in [0.4, 0.5) is 0 Å². The zero-order valence-electron chi connectivity index (χ0n) is 30.0. The second-order valence-electron chi connectivity index (χ2n) is 13.5. The largest absolute Gasteiger partial charge is 0.466 e. The summed E-state index contributed by atoms with van der Waals surface area (Å²) in [6.07, 6.45) is -1.58. The van der Waals surface area contributed by atoms with Crippen molar-refractivity contribution in [2.75, 3.05) is 34.9 Å². The molecule has 2 aromatic carbocycles. The third-order valence-electron chi connectivity index (χ3n) is 8.95. The van der Waals surface area contributed by atoms with Crippen molar-refractivity contribution in [2.24, 2.45) is 4.99 Å². The number of likely N-dealkylation sites (N-methyl/N-ethyl adjacent to an activating group) is 1. The van der Waals surface area contributed by atoms with Crippen molar-refractivity contribution in [1.29, 1.82) is 0 Å². The Labute approximate surface area is 301 Å². The molecule has 0 spiro atoms. The lowest BCUT2D eigenvalue weighted by atomic mass is 10.1. The summed E-state index contributed by atoms with van der Waals surface area (Å²) in [6, 6.07) is 20.3. The summed E-state index contributed by atoms with van der Waals surface area (Å²) in [4.78, 5) is 59.8. The fourth-order valence-electron chi connectivity index (χ4n) is 6.47. The van der Waals surface area contributed by atoms with Crippen LogP contribution in [-0.4, -0.2) is 93.2 Å². The Morgan fingerprint density at radius 2 is 1.59 bits per heavy atom. The highest BCUT2D eigenvalue weighted by Crippen LogP contribution is 2.40. The van der Waals surface area contributed by atoms with Crippen LogP contribution in [0.5, 0.6) is 0 Å². The molecule has 0 amide bonds. The smallest absolute Gasteiger partial charge is 0.345 e. The number of carbonyl (C=O) groups excluding carboxylic acids is 2. The van der Waals surface area contributed by atoms with Crippen LogP contribution in [0.15, 0.2) is 91.9 Å². The van der Waals surface area contributed by atoms with Crippen molar-refractivity contribution in [3.05, 3.63) is 104 Å². The number of esters is 2. The molecule has 13 nitrogen and oxygen atoms in total. The summed E-state index contributed by atoms with van der Waals surface area (Å²) < 4.78 is 31.7. The van der Waals surface area contributed by atoms with Gasteiger partial charge in [-0.1, -0.05) is 81.4 Å². The summed E-state index contributed by atoms with van der Waals surface area (Å²) in [6.45, 7) is 8.19. The molecule has 0 saturated carbocycles. The molecule has 1 unspecified atom stereocenters. The van der Waals surface area contributed by atoms with E-state index in [0.717, 1.165) is 22.1 Å². The minimum Gasteiger partial charge on any atom is -0.466 e. The molecule has 272 valence electrons. The molecule has 3 heterocycles. The van der Waals surface area contributed by atoms with Gasteiger partial charge in [-0.2, -0.15) is 0 Å². The SMILES string of the molecule is COC(=O)C1=C(C(=O)OC)C(N(C)C)N=C(O[C@H]2C[C@H](n3cc(C)c(=O)[nH]c3=O)O[C@@H]2CO[Si](c2ccccc2)(c2ccccc2)C(C)(C)C)S1. The number of nitrogens with one attached hydrogen (secondary N) is 1. The molecule has 5 rings (SSSR count). The van der Waals surface area contributed by atoms with E-state index in [1.807, 2.05) is 36.4 Å². The van der Waals surface area contributed by atoms with E-state index in [9.17, 15) is 19.2 Å². The maximum atomic E-state index is 13.0. The molecule has 1 N–H and O–H groups in total. The predicted octanol–water partition coefficient (Wildman–Crippen LogP) is 2.68. The molecule has 4 atom stereocenters. The molecule has 2 aliphatic heterocycles. The highest BCUT2D eigenvalue weighted by molar-refractivity contribution is 8.17. The van der Waals surface area contributed by atoms with Gasteiger partial charge in [-0.05, 0) is 48.2 Å². The zero-order valence-corrected chi connectivity index (χ0v) is 31.8. The average molecular weight is 737 g/mol. The van der Waals surface area contributed by atoms with Gasteiger partial charge in [-0.3, -0.25) is 19.2 Å². The zero-order chi connectivity index (χ0) is 37.1. The molecule has 1 aromatic heterocycles. The van der Waals surface area contributed by atoms with Crippen LogP contribution >= 0.6 is 11.8 Å². The number of carbonyl (C=O) groups is 2. The van der Waals surface area contributed by atoms with E-state index < -0.39 is 56.1 Å². The fourth-order valence-corrected chi connectivity index (χ4v) is 12.0. The number of aromatic nitrogens is 2. The van der Waals surface area contributed by atoms with Crippen molar-refractivity contribution in [1.82, 2.24) is 14.5 Å². The molecule has 0 aliphatic carbocycles. The fraction of sp³-hybridized carbons (Fsp3) is 0.417. The number of aliphatic imine (C=N–C) groups is 1. The number of rotatable bonds is 10. The predicted molar refractivity (Wildman–Crippen MR) is 197 cm³/mol. The van der Waals surface area contributed by atoms with Gasteiger partial charge in [0.15, 0.2) is 0 Å². The molecule has 1 fully saturated rings. The van der Waals surface area contributed by atoms with E-state index in [2.05, 4.69) is 50.0 Å². The highest BCUT2D eigenvalue weighted by atomic mass is 32.2. The first-order valence-electron chi connectivity index (χ1n) is 16.4. The summed E-state index contributed by atoms with van der Waals surface area (Å²) in [5.74, 6) is -1.47. The van der Waals surface area contributed by atoms with Crippen molar-refractivity contribution in [3.8, 4) is 0 Å². The van der Waals surface area contributed by atoms with Gasteiger partial charge in [-0.15, -0.1) is 0 Å². The van der Waals surface area contributed by atoms with Gasteiger partial charge in [0.05, 0.1) is 26.4 Å². The summed E-state index contributed by atoms with van der Waals surface area (Å²) in [5, 5.41) is 1.92.